The van der Waals surface area contributed by atoms with Crippen LogP contribution in [0.25, 0.3) is 0 Å². The number of aromatic nitrogens is 3. The lowest BCUT2D eigenvalue weighted by molar-refractivity contribution is 0.334. The number of fused-ring (bicyclic) bond motifs is 1. The van der Waals surface area contributed by atoms with Crippen LogP contribution in [0.3, 0.4) is 0 Å². The largest absolute Gasteiger partial charge is 0.464 e. The van der Waals surface area contributed by atoms with Crippen molar-refractivity contribution < 1.29 is 12.8 Å². The molecule has 20 heavy (non-hydrogen) atoms. The van der Waals surface area contributed by atoms with Crippen molar-refractivity contribution in [3.05, 3.63) is 29.7 Å². The van der Waals surface area contributed by atoms with Crippen molar-refractivity contribution >= 4 is 10.0 Å². The molecule has 0 amide bonds. The molecule has 2 N–H and O–H groups in total. The average Bonchev–Trinajstić information content (AvgIpc) is 3.03. The van der Waals surface area contributed by atoms with Crippen molar-refractivity contribution in [1.82, 2.24) is 19.1 Å². The molecule has 0 aromatic carbocycles. The fourth-order valence-corrected chi connectivity index (χ4v) is 3.84. The summed E-state index contributed by atoms with van der Waals surface area (Å²) in [6.07, 6.45) is 1.61. The minimum Gasteiger partial charge on any atom is -0.464 e. The zero-order valence-corrected chi connectivity index (χ0v) is 11.8. The molecule has 0 fully saturated rings. The Morgan fingerprint density at radius 3 is 2.95 bits per heavy atom. The molecule has 0 radical (unpaired) electrons. The predicted molar refractivity (Wildman–Crippen MR) is 69.0 cm³/mol. The molecule has 0 aliphatic carbocycles. The van der Waals surface area contributed by atoms with E-state index >= 15 is 0 Å². The zero-order chi connectivity index (χ0) is 14.3. The summed E-state index contributed by atoms with van der Waals surface area (Å²) in [5.74, 6) is 1.46. The van der Waals surface area contributed by atoms with Crippen molar-refractivity contribution in [3.63, 3.8) is 0 Å². The lowest BCUT2D eigenvalue weighted by Crippen LogP contribution is -2.38. The topological polar surface area (TPSA) is 107 Å². The molecule has 2 aromatic rings. The smallest absolute Gasteiger partial charge is 0.247 e. The van der Waals surface area contributed by atoms with Crippen LogP contribution in [-0.4, -0.2) is 34.0 Å². The molecular weight excluding hydrogens is 282 g/mol. The van der Waals surface area contributed by atoms with Crippen molar-refractivity contribution in [3.8, 4) is 0 Å². The molecule has 3 rings (SSSR count). The number of rotatable bonds is 3. The zero-order valence-electron chi connectivity index (χ0n) is 11.0. The summed E-state index contributed by atoms with van der Waals surface area (Å²) < 4.78 is 33.8. The summed E-state index contributed by atoms with van der Waals surface area (Å²) in [4.78, 5) is 0.172. The van der Waals surface area contributed by atoms with Gasteiger partial charge in [0, 0.05) is 19.2 Å². The van der Waals surface area contributed by atoms with E-state index in [0.29, 0.717) is 30.4 Å². The maximum atomic E-state index is 12.6. The number of nitrogens with zero attached hydrogens (tertiary/aromatic N) is 4. The van der Waals surface area contributed by atoms with Gasteiger partial charge in [-0.3, -0.25) is 0 Å². The van der Waals surface area contributed by atoms with E-state index in [1.807, 2.05) is 4.57 Å². The van der Waals surface area contributed by atoms with E-state index in [9.17, 15) is 8.42 Å². The lowest BCUT2D eigenvalue weighted by atomic mass is 10.4. The number of hydrogen-bond acceptors (Lipinski definition) is 6. The lowest BCUT2D eigenvalue weighted by Gasteiger charge is -2.25. The number of aryl methyl sites for hydroxylation is 1. The quantitative estimate of drug-likeness (QED) is 0.843. The Morgan fingerprint density at radius 1 is 1.45 bits per heavy atom. The predicted octanol–water partition coefficient (Wildman–Crippen LogP) is -0.157. The van der Waals surface area contributed by atoms with E-state index in [2.05, 4.69) is 10.2 Å². The number of nitrogens with two attached hydrogens (primary N) is 1. The van der Waals surface area contributed by atoms with Crippen molar-refractivity contribution in [1.29, 1.82) is 0 Å². The maximum Gasteiger partial charge on any atom is 0.247 e. The van der Waals surface area contributed by atoms with E-state index in [1.54, 1.807) is 13.3 Å². The Kier molecular flexibility index (Phi) is 3.11. The fourth-order valence-electron chi connectivity index (χ4n) is 2.27. The van der Waals surface area contributed by atoms with E-state index < -0.39 is 10.0 Å². The van der Waals surface area contributed by atoms with E-state index in [-0.39, 0.29) is 18.0 Å². The Labute approximate surface area is 116 Å². The van der Waals surface area contributed by atoms with Crippen LogP contribution in [0.15, 0.2) is 21.7 Å². The first kappa shape index (κ1) is 13.3. The highest BCUT2D eigenvalue weighted by Gasteiger charge is 2.32. The highest BCUT2D eigenvalue weighted by Crippen LogP contribution is 2.25. The second kappa shape index (κ2) is 4.69. The molecule has 0 saturated heterocycles. The van der Waals surface area contributed by atoms with Crippen LogP contribution >= 0.6 is 0 Å². The van der Waals surface area contributed by atoms with Gasteiger partial charge in [-0.1, -0.05) is 0 Å². The van der Waals surface area contributed by atoms with Gasteiger partial charge in [0.2, 0.25) is 10.0 Å². The third-order valence-electron chi connectivity index (χ3n) is 3.35. The van der Waals surface area contributed by atoms with E-state index in [4.69, 9.17) is 10.2 Å². The molecule has 9 heteroatoms. The second-order valence-corrected chi connectivity index (χ2v) is 6.52. The summed E-state index contributed by atoms with van der Waals surface area (Å²) >= 11 is 0. The molecule has 0 unspecified atom stereocenters. The summed E-state index contributed by atoms with van der Waals surface area (Å²) in [6.45, 7) is 2.94. The SMILES string of the molecule is Cc1oc(CN)cc1S(=O)(=O)N1CCn2cnnc2C1. The van der Waals surface area contributed by atoms with Crippen LogP contribution in [0.2, 0.25) is 0 Å². The molecule has 2 aromatic heterocycles. The molecule has 0 bridgehead atoms. The second-order valence-electron chi connectivity index (χ2n) is 4.62. The summed E-state index contributed by atoms with van der Waals surface area (Å²) in [6, 6.07) is 1.49. The van der Waals surface area contributed by atoms with Gasteiger partial charge in [0.05, 0.1) is 13.1 Å². The fraction of sp³-hybridized carbons (Fsp3) is 0.455. The van der Waals surface area contributed by atoms with E-state index in [0.717, 1.165) is 0 Å². The Hall–Kier alpha value is -1.71. The molecular formula is C11H15N5O3S. The van der Waals surface area contributed by atoms with Gasteiger partial charge in [0.1, 0.15) is 28.6 Å². The molecule has 0 spiro atoms. The van der Waals surface area contributed by atoms with Gasteiger partial charge in [0.15, 0.2) is 0 Å². The number of hydrogen-bond donors (Lipinski definition) is 1. The van der Waals surface area contributed by atoms with Crippen LogP contribution in [-0.2, 0) is 29.7 Å². The third kappa shape index (κ3) is 2.03. The summed E-state index contributed by atoms with van der Waals surface area (Å²) in [5, 5.41) is 7.71. The standard InChI is InChI=1S/C11H15N5O3S/c1-8-10(4-9(5-12)19-8)20(17,18)16-3-2-15-7-13-14-11(15)6-16/h4,7H,2-3,5-6,12H2,1H3. The van der Waals surface area contributed by atoms with Crippen molar-refractivity contribution in [2.45, 2.75) is 31.5 Å². The van der Waals surface area contributed by atoms with Gasteiger partial charge in [-0.25, -0.2) is 8.42 Å². The van der Waals surface area contributed by atoms with Crippen LogP contribution in [0.4, 0.5) is 0 Å². The Balaban J connectivity index is 1.95. The van der Waals surface area contributed by atoms with Crippen molar-refractivity contribution in [2.24, 2.45) is 5.73 Å². The van der Waals surface area contributed by atoms with Crippen LogP contribution in [0.5, 0.6) is 0 Å². The van der Waals surface area contributed by atoms with E-state index in [1.165, 1.54) is 10.4 Å². The Bertz CT molecular complexity index is 733. The van der Waals surface area contributed by atoms with Gasteiger partial charge in [-0.15, -0.1) is 10.2 Å². The van der Waals surface area contributed by atoms with Gasteiger partial charge in [0.25, 0.3) is 0 Å². The Morgan fingerprint density at radius 2 is 2.25 bits per heavy atom. The molecule has 108 valence electrons. The average molecular weight is 297 g/mol. The molecule has 1 aliphatic heterocycles. The number of furan rings is 1. The summed E-state index contributed by atoms with van der Waals surface area (Å²) in [5.41, 5.74) is 5.48. The monoisotopic (exact) mass is 297 g/mol. The minimum atomic E-state index is -3.60. The van der Waals surface area contributed by atoms with Crippen molar-refractivity contribution in [2.75, 3.05) is 6.54 Å². The van der Waals surface area contributed by atoms with Crippen LogP contribution in [0, 0.1) is 6.92 Å². The molecule has 3 heterocycles. The highest BCUT2D eigenvalue weighted by molar-refractivity contribution is 7.89. The first-order valence-corrected chi connectivity index (χ1v) is 7.62. The molecule has 0 atom stereocenters. The van der Waals surface area contributed by atoms with Gasteiger partial charge in [-0.2, -0.15) is 4.31 Å². The normalized spacial score (nSPS) is 16.3. The van der Waals surface area contributed by atoms with Gasteiger partial charge in [-0.05, 0) is 6.92 Å². The van der Waals surface area contributed by atoms with Gasteiger partial charge >= 0.3 is 0 Å². The minimum absolute atomic E-state index is 0.171. The first-order chi connectivity index (χ1) is 9.52. The maximum absolute atomic E-state index is 12.6. The molecule has 1 aliphatic rings. The molecule has 0 saturated carbocycles. The first-order valence-electron chi connectivity index (χ1n) is 6.18. The summed E-state index contributed by atoms with van der Waals surface area (Å²) in [7, 11) is -3.60. The number of sulfonamides is 1. The van der Waals surface area contributed by atoms with Crippen LogP contribution < -0.4 is 5.73 Å². The molecule has 8 nitrogen and oxygen atoms in total. The van der Waals surface area contributed by atoms with Crippen LogP contribution in [0.1, 0.15) is 17.3 Å². The van der Waals surface area contributed by atoms with Gasteiger partial charge < -0.3 is 14.7 Å². The third-order valence-corrected chi connectivity index (χ3v) is 5.30. The highest BCUT2D eigenvalue weighted by atomic mass is 32.2.